The van der Waals surface area contributed by atoms with E-state index >= 15 is 0 Å². The van der Waals surface area contributed by atoms with Crippen molar-refractivity contribution in [2.45, 2.75) is 31.5 Å². The molecule has 1 aromatic heterocycles. The largest absolute Gasteiger partial charge is 0.490 e. The van der Waals surface area contributed by atoms with Crippen LogP contribution in [-0.2, 0) is 20.0 Å². The van der Waals surface area contributed by atoms with Crippen molar-refractivity contribution in [2.75, 3.05) is 13.2 Å². The van der Waals surface area contributed by atoms with Gasteiger partial charge in [-0.25, -0.2) is 0 Å². The standard InChI is InChI=1S/C23H25N3O3/c1-26-14-17(13-24-23-18-6-3-2-5-15(18)11-19(23)27)22(25-26)16-7-8-20-21(12-16)29-10-4-9-28-20/h2-3,5-8,12,14,19,23-24,27H,4,9-11,13H2,1H3/t19-,23+/m0/s1. The lowest BCUT2D eigenvalue weighted by atomic mass is 10.1. The molecule has 1 aliphatic carbocycles. The molecule has 2 atom stereocenters. The Morgan fingerprint density at radius 3 is 2.86 bits per heavy atom. The second kappa shape index (κ2) is 7.54. The number of aryl methyl sites for hydroxylation is 1. The van der Waals surface area contributed by atoms with Crippen LogP contribution in [-0.4, -0.2) is 34.2 Å². The summed E-state index contributed by atoms with van der Waals surface area (Å²) in [6.07, 6.45) is 3.19. The zero-order valence-corrected chi connectivity index (χ0v) is 16.5. The van der Waals surface area contributed by atoms with Crippen LogP contribution in [0.2, 0.25) is 0 Å². The highest BCUT2D eigenvalue weighted by Crippen LogP contribution is 2.35. The number of nitrogens with zero attached hydrogens (tertiary/aromatic N) is 2. The minimum atomic E-state index is -0.412. The van der Waals surface area contributed by atoms with Gasteiger partial charge in [0.05, 0.1) is 31.1 Å². The molecule has 0 fully saturated rings. The SMILES string of the molecule is Cn1cc(CN[C@@H]2c3ccccc3C[C@@H]2O)c(-c2ccc3c(c2)OCCCO3)n1. The Labute approximate surface area is 170 Å². The first-order valence-corrected chi connectivity index (χ1v) is 10.1. The average molecular weight is 391 g/mol. The summed E-state index contributed by atoms with van der Waals surface area (Å²) in [5.74, 6) is 1.55. The molecule has 29 heavy (non-hydrogen) atoms. The molecule has 0 saturated heterocycles. The third-order valence-electron chi connectivity index (χ3n) is 5.64. The number of hydrogen-bond acceptors (Lipinski definition) is 5. The van der Waals surface area contributed by atoms with E-state index in [-0.39, 0.29) is 6.04 Å². The van der Waals surface area contributed by atoms with E-state index in [1.54, 1.807) is 0 Å². The fraction of sp³-hybridized carbons (Fsp3) is 0.348. The van der Waals surface area contributed by atoms with Gasteiger partial charge in [-0.3, -0.25) is 4.68 Å². The molecule has 1 aliphatic heterocycles. The highest BCUT2D eigenvalue weighted by atomic mass is 16.5. The van der Waals surface area contributed by atoms with E-state index in [2.05, 4.69) is 22.5 Å². The number of aliphatic hydroxyl groups is 1. The van der Waals surface area contributed by atoms with E-state index in [0.29, 0.717) is 26.2 Å². The van der Waals surface area contributed by atoms with Crippen LogP contribution < -0.4 is 14.8 Å². The zero-order chi connectivity index (χ0) is 19.8. The van der Waals surface area contributed by atoms with Gasteiger partial charge in [-0.15, -0.1) is 0 Å². The summed E-state index contributed by atoms with van der Waals surface area (Å²) in [5.41, 5.74) is 5.39. The van der Waals surface area contributed by atoms with E-state index < -0.39 is 6.10 Å². The van der Waals surface area contributed by atoms with Gasteiger partial charge in [0.2, 0.25) is 0 Å². The lowest BCUT2D eigenvalue weighted by molar-refractivity contribution is 0.140. The van der Waals surface area contributed by atoms with Crippen molar-refractivity contribution in [1.82, 2.24) is 15.1 Å². The molecule has 6 nitrogen and oxygen atoms in total. The maximum absolute atomic E-state index is 10.5. The Kier molecular flexibility index (Phi) is 4.73. The van der Waals surface area contributed by atoms with Crippen LogP contribution in [0.5, 0.6) is 11.5 Å². The lowest BCUT2D eigenvalue weighted by Crippen LogP contribution is -2.28. The molecule has 3 aromatic rings. The Morgan fingerprint density at radius 2 is 1.97 bits per heavy atom. The van der Waals surface area contributed by atoms with Gasteiger partial charge in [-0.2, -0.15) is 5.10 Å². The first-order valence-electron chi connectivity index (χ1n) is 10.1. The summed E-state index contributed by atoms with van der Waals surface area (Å²) >= 11 is 0. The summed E-state index contributed by atoms with van der Waals surface area (Å²) in [4.78, 5) is 0. The van der Waals surface area contributed by atoms with E-state index in [1.165, 1.54) is 11.1 Å². The summed E-state index contributed by atoms with van der Waals surface area (Å²) in [6.45, 7) is 1.95. The molecular formula is C23H25N3O3. The van der Waals surface area contributed by atoms with Gasteiger partial charge in [0, 0.05) is 43.8 Å². The molecule has 0 unspecified atom stereocenters. The number of hydrogen-bond donors (Lipinski definition) is 2. The first kappa shape index (κ1) is 18.2. The lowest BCUT2D eigenvalue weighted by Gasteiger charge is -2.18. The number of ether oxygens (including phenoxy) is 2. The number of nitrogens with one attached hydrogen (secondary N) is 1. The number of aliphatic hydroxyl groups excluding tert-OH is 1. The van der Waals surface area contributed by atoms with Gasteiger partial charge in [-0.05, 0) is 29.3 Å². The van der Waals surface area contributed by atoms with Crippen molar-refractivity contribution >= 4 is 0 Å². The zero-order valence-electron chi connectivity index (χ0n) is 16.5. The van der Waals surface area contributed by atoms with Gasteiger partial charge in [-0.1, -0.05) is 24.3 Å². The van der Waals surface area contributed by atoms with Crippen LogP contribution in [0, 0.1) is 0 Å². The predicted molar refractivity (Wildman–Crippen MR) is 110 cm³/mol. The van der Waals surface area contributed by atoms with Crippen molar-refractivity contribution in [3.63, 3.8) is 0 Å². The minimum absolute atomic E-state index is 0.0666. The molecule has 2 aliphatic rings. The van der Waals surface area contributed by atoms with Crippen molar-refractivity contribution in [1.29, 1.82) is 0 Å². The van der Waals surface area contributed by atoms with Gasteiger partial charge in [0.25, 0.3) is 0 Å². The van der Waals surface area contributed by atoms with Crippen molar-refractivity contribution in [3.8, 4) is 22.8 Å². The Hall–Kier alpha value is -2.83. The summed E-state index contributed by atoms with van der Waals surface area (Å²) in [6, 6.07) is 14.2. The fourth-order valence-corrected chi connectivity index (χ4v) is 4.26. The van der Waals surface area contributed by atoms with Gasteiger partial charge in [0.1, 0.15) is 0 Å². The third kappa shape index (κ3) is 3.50. The molecule has 2 aromatic carbocycles. The van der Waals surface area contributed by atoms with Crippen LogP contribution in [0.4, 0.5) is 0 Å². The van der Waals surface area contributed by atoms with E-state index in [1.807, 2.05) is 48.3 Å². The monoisotopic (exact) mass is 391 g/mol. The number of fused-ring (bicyclic) bond motifs is 2. The second-order valence-electron chi connectivity index (χ2n) is 7.72. The molecule has 2 N–H and O–H groups in total. The fourth-order valence-electron chi connectivity index (χ4n) is 4.26. The van der Waals surface area contributed by atoms with Gasteiger partial charge < -0.3 is 19.9 Å². The first-order chi connectivity index (χ1) is 14.2. The Bertz CT molecular complexity index is 1030. The summed E-state index contributed by atoms with van der Waals surface area (Å²) < 4.78 is 13.4. The minimum Gasteiger partial charge on any atom is -0.490 e. The van der Waals surface area contributed by atoms with Crippen molar-refractivity contribution in [3.05, 3.63) is 65.4 Å². The highest BCUT2D eigenvalue weighted by molar-refractivity contribution is 5.66. The van der Waals surface area contributed by atoms with Crippen molar-refractivity contribution < 1.29 is 14.6 Å². The van der Waals surface area contributed by atoms with Crippen molar-refractivity contribution in [2.24, 2.45) is 7.05 Å². The van der Waals surface area contributed by atoms with Crippen LogP contribution in [0.25, 0.3) is 11.3 Å². The summed E-state index contributed by atoms with van der Waals surface area (Å²) in [7, 11) is 1.93. The second-order valence-corrected chi connectivity index (χ2v) is 7.72. The van der Waals surface area contributed by atoms with E-state index in [9.17, 15) is 5.11 Å². The molecule has 0 saturated carbocycles. The van der Waals surface area contributed by atoms with Crippen LogP contribution in [0.15, 0.2) is 48.7 Å². The summed E-state index contributed by atoms with van der Waals surface area (Å²) in [5, 5.41) is 18.7. The van der Waals surface area contributed by atoms with E-state index in [4.69, 9.17) is 9.47 Å². The van der Waals surface area contributed by atoms with Crippen LogP contribution in [0.3, 0.4) is 0 Å². The van der Waals surface area contributed by atoms with Crippen LogP contribution in [0.1, 0.15) is 29.2 Å². The predicted octanol–water partition coefficient (Wildman–Crippen LogP) is 3.00. The Morgan fingerprint density at radius 1 is 1.14 bits per heavy atom. The molecule has 0 spiro atoms. The smallest absolute Gasteiger partial charge is 0.161 e. The number of rotatable bonds is 4. The number of benzene rings is 2. The van der Waals surface area contributed by atoms with Gasteiger partial charge >= 0.3 is 0 Å². The molecule has 150 valence electrons. The van der Waals surface area contributed by atoms with Crippen LogP contribution >= 0.6 is 0 Å². The number of aromatic nitrogens is 2. The van der Waals surface area contributed by atoms with Gasteiger partial charge in [0.15, 0.2) is 11.5 Å². The highest BCUT2D eigenvalue weighted by Gasteiger charge is 2.30. The molecule has 0 amide bonds. The molecule has 5 rings (SSSR count). The topological polar surface area (TPSA) is 68.5 Å². The molecule has 0 radical (unpaired) electrons. The quantitative estimate of drug-likeness (QED) is 0.716. The maximum Gasteiger partial charge on any atom is 0.161 e. The maximum atomic E-state index is 10.5. The molecular weight excluding hydrogens is 366 g/mol. The molecule has 2 heterocycles. The Balaban J connectivity index is 1.40. The molecule has 6 heteroatoms. The average Bonchev–Trinajstić information content (AvgIpc) is 3.14. The third-order valence-corrected chi connectivity index (χ3v) is 5.64. The molecule has 0 bridgehead atoms. The normalized spacial score (nSPS) is 20.3. The van der Waals surface area contributed by atoms with E-state index in [0.717, 1.165) is 34.7 Å².